The predicted molar refractivity (Wildman–Crippen MR) is 85.7 cm³/mol. The third-order valence-electron chi connectivity index (χ3n) is 2.79. The van der Waals surface area contributed by atoms with E-state index in [2.05, 4.69) is 38.0 Å². The molecule has 0 bridgehead atoms. The number of halogens is 2. The van der Waals surface area contributed by atoms with Crippen molar-refractivity contribution in [3.63, 3.8) is 0 Å². The molecule has 3 nitrogen and oxygen atoms in total. The number of hydrogen-bond donors (Lipinski definition) is 1. The molecule has 0 fully saturated rings. The summed E-state index contributed by atoms with van der Waals surface area (Å²) in [6.07, 6.45) is 2.58. The van der Waals surface area contributed by atoms with Crippen LogP contribution in [0, 0.1) is 4.77 Å². The minimum absolute atomic E-state index is 0.609. The van der Waals surface area contributed by atoms with E-state index < -0.39 is 0 Å². The van der Waals surface area contributed by atoms with Crippen LogP contribution in [0.3, 0.4) is 0 Å². The lowest BCUT2D eigenvalue weighted by Gasteiger charge is -2.02. The van der Waals surface area contributed by atoms with Gasteiger partial charge in [-0.1, -0.05) is 11.6 Å². The number of hydrogen-bond acceptors (Lipinski definition) is 3. The van der Waals surface area contributed by atoms with Gasteiger partial charge in [0.05, 0.1) is 14.3 Å². The molecule has 3 aromatic heterocycles. The summed E-state index contributed by atoms with van der Waals surface area (Å²) >= 11 is 16.5. The second kappa shape index (κ2) is 5.36. The average Bonchev–Trinajstić information content (AvgIpc) is 2.89. The fraction of sp³-hybridized carbons (Fsp3) is 0.167. The van der Waals surface area contributed by atoms with Crippen molar-refractivity contribution in [3.8, 4) is 0 Å². The average molecular weight is 375 g/mol. The molecule has 0 spiro atoms. The Morgan fingerprint density at radius 1 is 1.47 bits per heavy atom. The number of fused-ring (bicyclic) bond motifs is 1. The van der Waals surface area contributed by atoms with E-state index in [-0.39, 0.29) is 0 Å². The van der Waals surface area contributed by atoms with Crippen molar-refractivity contribution in [2.75, 3.05) is 0 Å². The molecule has 3 aromatic rings. The molecule has 7 heteroatoms. The van der Waals surface area contributed by atoms with E-state index in [9.17, 15) is 0 Å². The molecule has 0 aliphatic rings. The number of nitrogens with zero attached hydrogens (tertiary/aromatic N) is 2. The summed E-state index contributed by atoms with van der Waals surface area (Å²) in [5.74, 6) is 0. The Labute approximate surface area is 132 Å². The molecule has 0 amide bonds. The third kappa shape index (κ3) is 2.76. The monoisotopic (exact) mass is 373 g/mol. The minimum atomic E-state index is 0.609. The van der Waals surface area contributed by atoms with E-state index in [1.165, 1.54) is 4.88 Å². The van der Waals surface area contributed by atoms with Crippen LogP contribution >= 0.6 is 51.1 Å². The Balaban J connectivity index is 1.92. The smallest absolute Gasteiger partial charge is 0.179 e. The van der Waals surface area contributed by atoms with Gasteiger partial charge in [0.2, 0.25) is 0 Å². The number of pyridine rings is 1. The van der Waals surface area contributed by atoms with Gasteiger partial charge in [0.15, 0.2) is 10.4 Å². The molecule has 0 saturated carbocycles. The van der Waals surface area contributed by atoms with Gasteiger partial charge in [-0.15, -0.1) is 11.3 Å². The van der Waals surface area contributed by atoms with Crippen LogP contribution in [0.4, 0.5) is 0 Å². The Morgan fingerprint density at radius 2 is 2.32 bits per heavy atom. The van der Waals surface area contributed by atoms with Crippen molar-refractivity contribution in [1.29, 1.82) is 0 Å². The Bertz CT molecular complexity index is 790. The maximum atomic E-state index is 5.93. The van der Waals surface area contributed by atoms with E-state index in [0.29, 0.717) is 9.79 Å². The van der Waals surface area contributed by atoms with E-state index in [1.807, 2.05) is 10.6 Å². The summed E-state index contributed by atoms with van der Waals surface area (Å²) in [4.78, 5) is 8.80. The number of aromatic nitrogens is 3. The number of thiophene rings is 1. The first-order valence-corrected chi connectivity index (χ1v) is 8.01. The lowest BCUT2D eigenvalue weighted by atomic mass is 10.3. The van der Waals surface area contributed by atoms with Crippen molar-refractivity contribution in [2.24, 2.45) is 0 Å². The van der Waals surface area contributed by atoms with Crippen LogP contribution in [0.1, 0.15) is 4.88 Å². The molecule has 3 rings (SSSR count). The zero-order valence-electron chi connectivity index (χ0n) is 9.69. The molecule has 0 aromatic carbocycles. The van der Waals surface area contributed by atoms with Gasteiger partial charge >= 0.3 is 0 Å². The van der Waals surface area contributed by atoms with Crippen LogP contribution in [-0.2, 0) is 13.0 Å². The van der Waals surface area contributed by atoms with Crippen LogP contribution in [0.15, 0.2) is 28.2 Å². The SMILES string of the molecule is S=c1[nH]c2cc(Cl)cnc2n1CCc1ccc(Br)s1. The van der Waals surface area contributed by atoms with Gasteiger partial charge in [-0.2, -0.15) is 0 Å². The fourth-order valence-electron chi connectivity index (χ4n) is 1.93. The molecule has 0 aliphatic carbocycles. The van der Waals surface area contributed by atoms with Crippen molar-refractivity contribution in [3.05, 3.63) is 42.9 Å². The molecule has 0 saturated heterocycles. The first kappa shape index (κ1) is 13.3. The van der Waals surface area contributed by atoms with Gasteiger partial charge in [0.1, 0.15) is 0 Å². The summed E-state index contributed by atoms with van der Waals surface area (Å²) in [7, 11) is 0. The van der Waals surface area contributed by atoms with Gasteiger partial charge in [-0.05, 0) is 52.8 Å². The minimum Gasteiger partial charge on any atom is -0.329 e. The van der Waals surface area contributed by atoms with Crippen LogP contribution in [-0.4, -0.2) is 14.5 Å². The molecule has 1 N–H and O–H groups in total. The highest BCUT2D eigenvalue weighted by molar-refractivity contribution is 9.11. The van der Waals surface area contributed by atoms with Crippen molar-refractivity contribution in [1.82, 2.24) is 14.5 Å². The molecule has 0 atom stereocenters. The van der Waals surface area contributed by atoms with Crippen LogP contribution in [0.2, 0.25) is 5.02 Å². The molecule has 98 valence electrons. The molecular formula is C12H9BrClN3S2. The molecule has 3 heterocycles. The topological polar surface area (TPSA) is 33.6 Å². The molecule has 0 unspecified atom stereocenters. The second-order valence-electron chi connectivity index (χ2n) is 4.06. The summed E-state index contributed by atoms with van der Waals surface area (Å²) in [5.41, 5.74) is 1.73. The Hall–Kier alpha value is -0.690. The molecule has 0 radical (unpaired) electrons. The fourth-order valence-corrected chi connectivity index (χ4v) is 3.85. The van der Waals surface area contributed by atoms with Gasteiger partial charge < -0.3 is 9.55 Å². The number of nitrogens with one attached hydrogen (secondary N) is 1. The van der Waals surface area contributed by atoms with Gasteiger partial charge in [-0.25, -0.2) is 4.98 Å². The predicted octanol–water partition coefficient (Wildman–Crippen LogP) is 4.81. The highest BCUT2D eigenvalue weighted by Crippen LogP contribution is 2.23. The number of imidazole rings is 1. The number of H-pyrrole nitrogens is 1. The maximum Gasteiger partial charge on any atom is 0.179 e. The standard InChI is InChI=1S/C12H9BrClN3S2/c13-10-2-1-8(19-10)3-4-17-11-9(16-12(17)18)5-7(14)6-15-11/h1-2,5-6H,3-4H2,(H,16,18). The van der Waals surface area contributed by atoms with Gasteiger partial charge in [0.25, 0.3) is 0 Å². The van der Waals surface area contributed by atoms with Gasteiger partial charge in [-0.3, -0.25) is 0 Å². The normalized spacial score (nSPS) is 11.3. The number of rotatable bonds is 3. The highest BCUT2D eigenvalue weighted by Gasteiger charge is 2.07. The lowest BCUT2D eigenvalue weighted by Crippen LogP contribution is -2.01. The van der Waals surface area contributed by atoms with Gasteiger partial charge in [0, 0.05) is 17.6 Å². The molecule has 0 aliphatic heterocycles. The molecule has 19 heavy (non-hydrogen) atoms. The number of aryl methyl sites for hydroxylation is 2. The van der Waals surface area contributed by atoms with Crippen molar-refractivity contribution >= 4 is 62.2 Å². The summed E-state index contributed by atoms with van der Waals surface area (Å²) < 4.78 is 3.84. The third-order valence-corrected chi connectivity index (χ3v) is 5.00. The first-order valence-electron chi connectivity index (χ1n) is 5.62. The van der Waals surface area contributed by atoms with Crippen molar-refractivity contribution in [2.45, 2.75) is 13.0 Å². The van der Waals surface area contributed by atoms with E-state index in [1.54, 1.807) is 17.5 Å². The van der Waals surface area contributed by atoms with E-state index in [4.69, 9.17) is 23.8 Å². The van der Waals surface area contributed by atoms with Crippen LogP contribution < -0.4 is 0 Å². The summed E-state index contributed by atoms with van der Waals surface area (Å²) in [5, 5.41) is 0.609. The van der Waals surface area contributed by atoms with E-state index >= 15 is 0 Å². The zero-order valence-corrected chi connectivity index (χ0v) is 13.7. The largest absolute Gasteiger partial charge is 0.329 e. The van der Waals surface area contributed by atoms with Crippen LogP contribution in [0.5, 0.6) is 0 Å². The Kier molecular flexibility index (Phi) is 3.75. The highest BCUT2D eigenvalue weighted by atomic mass is 79.9. The number of aromatic amines is 1. The zero-order chi connectivity index (χ0) is 13.4. The second-order valence-corrected chi connectivity index (χ2v) is 7.43. The Morgan fingerprint density at radius 3 is 3.05 bits per heavy atom. The maximum absolute atomic E-state index is 5.93. The first-order chi connectivity index (χ1) is 9.13. The summed E-state index contributed by atoms with van der Waals surface area (Å²) in [6.45, 7) is 0.806. The summed E-state index contributed by atoms with van der Waals surface area (Å²) in [6, 6.07) is 6.03. The van der Waals surface area contributed by atoms with Crippen LogP contribution in [0.25, 0.3) is 11.2 Å². The molecular weight excluding hydrogens is 366 g/mol. The van der Waals surface area contributed by atoms with Crippen molar-refractivity contribution < 1.29 is 0 Å². The lowest BCUT2D eigenvalue weighted by molar-refractivity contribution is 0.706. The van der Waals surface area contributed by atoms with E-state index in [0.717, 1.165) is 27.9 Å². The quantitative estimate of drug-likeness (QED) is 0.667.